The smallest absolute Gasteiger partial charge is 0.251 e. The van der Waals surface area contributed by atoms with Crippen molar-refractivity contribution in [3.05, 3.63) is 48.0 Å². The van der Waals surface area contributed by atoms with E-state index < -0.39 is 0 Å². The second-order valence-electron chi connectivity index (χ2n) is 3.55. The van der Waals surface area contributed by atoms with E-state index in [1.54, 1.807) is 18.4 Å². The molecule has 0 aliphatic heterocycles. The molecule has 5 heteroatoms. The third kappa shape index (κ3) is 3.07. The molecule has 0 spiro atoms. The van der Waals surface area contributed by atoms with Gasteiger partial charge in [0.15, 0.2) is 0 Å². The number of hydrogen-bond donors (Lipinski definition) is 2. The van der Waals surface area contributed by atoms with Gasteiger partial charge in [0.25, 0.3) is 5.91 Å². The summed E-state index contributed by atoms with van der Waals surface area (Å²) < 4.78 is 5.16. The first-order valence-corrected chi connectivity index (χ1v) is 5.28. The lowest BCUT2D eigenvalue weighted by Gasteiger charge is -2.04. The Kier molecular flexibility index (Phi) is 3.40. The maximum atomic E-state index is 11.7. The number of hydrogen-bond acceptors (Lipinski definition) is 4. The summed E-state index contributed by atoms with van der Waals surface area (Å²) in [5, 5.41) is 2.78. The van der Waals surface area contributed by atoms with Crippen molar-refractivity contribution in [3.8, 4) is 0 Å². The Morgan fingerprint density at radius 2 is 2.35 bits per heavy atom. The fraction of sp³-hybridized carbons (Fsp3) is 0.167. The standard InChI is InChI=1S/C12H13N3O2/c13-11-8-9(3-5-14-11)12(16)15-6-4-10-2-1-7-17-10/h1-3,5,7-8H,4,6H2,(H2,13,14)(H,15,16). The van der Waals surface area contributed by atoms with Crippen molar-refractivity contribution < 1.29 is 9.21 Å². The van der Waals surface area contributed by atoms with Crippen LogP contribution in [0.25, 0.3) is 0 Å². The van der Waals surface area contributed by atoms with Crippen LogP contribution in [0.1, 0.15) is 16.1 Å². The van der Waals surface area contributed by atoms with Gasteiger partial charge in [-0.2, -0.15) is 0 Å². The fourth-order valence-corrected chi connectivity index (χ4v) is 1.45. The van der Waals surface area contributed by atoms with Gasteiger partial charge in [-0.3, -0.25) is 4.79 Å². The lowest BCUT2D eigenvalue weighted by Crippen LogP contribution is -2.25. The number of aromatic nitrogens is 1. The number of furan rings is 1. The molecule has 0 aliphatic rings. The Bertz CT molecular complexity index is 494. The number of carbonyl (C=O) groups excluding carboxylic acids is 1. The highest BCUT2D eigenvalue weighted by Gasteiger charge is 2.05. The third-order valence-electron chi connectivity index (χ3n) is 2.28. The normalized spacial score (nSPS) is 10.1. The molecule has 3 N–H and O–H groups in total. The minimum absolute atomic E-state index is 0.161. The molecule has 2 rings (SSSR count). The monoisotopic (exact) mass is 231 g/mol. The first-order valence-electron chi connectivity index (χ1n) is 5.28. The van der Waals surface area contributed by atoms with Crippen LogP contribution in [-0.4, -0.2) is 17.4 Å². The van der Waals surface area contributed by atoms with Gasteiger partial charge >= 0.3 is 0 Å². The van der Waals surface area contributed by atoms with Crippen LogP contribution in [0.5, 0.6) is 0 Å². The van der Waals surface area contributed by atoms with E-state index in [1.807, 2.05) is 12.1 Å². The third-order valence-corrected chi connectivity index (χ3v) is 2.28. The summed E-state index contributed by atoms with van der Waals surface area (Å²) in [6.45, 7) is 0.522. The van der Waals surface area contributed by atoms with E-state index in [9.17, 15) is 4.79 Å². The van der Waals surface area contributed by atoms with E-state index in [-0.39, 0.29) is 5.91 Å². The molecule has 0 saturated carbocycles. The molecule has 2 aromatic rings. The van der Waals surface area contributed by atoms with E-state index >= 15 is 0 Å². The van der Waals surface area contributed by atoms with Crippen molar-refractivity contribution in [2.24, 2.45) is 0 Å². The zero-order chi connectivity index (χ0) is 12.1. The van der Waals surface area contributed by atoms with Gasteiger partial charge in [0, 0.05) is 24.7 Å². The van der Waals surface area contributed by atoms with Gasteiger partial charge in [0.05, 0.1) is 6.26 Å². The van der Waals surface area contributed by atoms with Gasteiger partial charge < -0.3 is 15.5 Å². The summed E-state index contributed by atoms with van der Waals surface area (Å²) in [5.41, 5.74) is 6.01. The molecule has 17 heavy (non-hydrogen) atoms. The van der Waals surface area contributed by atoms with Gasteiger partial charge in [-0.15, -0.1) is 0 Å². The minimum atomic E-state index is -0.161. The summed E-state index contributed by atoms with van der Waals surface area (Å²) in [4.78, 5) is 15.5. The quantitative estimate of drug-likeness (QED) is 0.829. The van der Waals surface area contributed by atoms with Gasteiger partial charge in [0.1, 0.15) is 11.6 Å². The number of nitrogens with one attached hydrogen (secondary N) is 1. The van der Waals surface area contributed by atoms with Crippen molar-refractivity contribution in [1.82, 2.24) is 10.3 Å². The molecular formula is C12H13N3O2. The van der Waals surface area contributed by atoms with E-state index in [4.69, 9.17) is 10.2 Å². The zero-order valence-electron chi connectivity index (χ0n) is 9.22. The zero-order valence-corrected chi connectivity index (χ0v) is 9.22. The molecule has 0 atom stereocenters. The predicted octanol–water partition coefficient (Wildman–Crippen LogP) is 1.23. The molecule has 0 radical (unpaired) electrons. The lowest BCUT2D eigenvalue weighted by atomic mass is 10.2. The van der Waals surface area contributed by atoms with E-state index in [2.05, 4.69) is 10.3 Å². The Morgan fingerprint density at radius 3 is 3.06 bits per heavy atom. The van der Waals surface area contributed by atoms with E-state index in [0.29, 0.717) is 24.3 Å². The Labute approximate surface area is 98.6 Å². The molecule has 1 amide bonds. The fourth-order valence-electron chi connectivity index (χ4n) is 1.45. The van der Waals surface area contributed by atoms with Crippen LogP contribution in [0.15, 0.2) is 41.1 Å². The molecular weight excluding hydrogens is 218 g/mol. The SMILES string of the molecule is Nc1cc(C(=O)NCCc2ccco2)ccn1. The summed E-state index contributed by atoms with van der Waals surface area (Å²) in [6, 6.07) is 6.86. The summed E-state index contributed by atoms with van der Waals surface area (Å²) in [5.74, 6) is 1.02. The van der Waals surface area contributed by atoms with Crippen LogP contribution in [-0.2, 0) is 6.42 Å². The van der Waals surface area contributed by atoms with Crippen molar-refractivity contribution in [3.63, 3.8) is 0 Å². The number of nitrogen functional groups attached to an aromatic ring is 1. The second kappa shape index (κ2) is 5.16. The average Bonchev–Trinajstić information content (AvgIpc) is 2.82. The highest BCUT2D eigenvalue weighted by atomic mass is 16.3. The maximum absolute atomic E-state index is 11.7. The Hall–Kier alpha value is -2.30. The summed E-state index contributed by atoms with van der Waals surface area (Å²) >= 11 is 0. The number of nitrogens with zero attached hydrogens (tertiary/aromatic N) is 1. The minimum Gasteiger partial charge on any atom is -0.469 e. The summed E-state index contributed by atoms with van der Waals surface area (Å²) in [6.07, 6.45) is 3.79. The van der Waals surface area contributed by atoms with Gasteiger partial charge in [-0.25, -0.2) is 4.98 Å². The molecule has 2 aromatic heterocycles. The van der Waals surface area contributed by atoms with Gasteiger partial charge in [-0.05, 0) is 24.3 Å². The van der Waals surface area contributed by atoms with Gasteiger partial charge in [-0.1, -0.05) is 0 Å². The van der Waals surface area contributed by atoms with Crippen LogP contribution in [0.2, 0.25) is 0 Å². The van der Waals surface area contributed by atoms with Crippen LogP contribution < -0.4 is 11.1 Å². The Morgan fingerprint density at radius 1 is 1.47 bits per heavy atom. The Balaban J connectivity index is 1.85. The molecule has 0 saturated heterocycles. The van der Waals surface area contributed by atoms with E-state index in [1.165, 1.54) is 6.20 Å². The van der Waals surface area contributed by atoms with Crippen LogP contribution in [0.3, 0.4) is 0 Å². The lowest BCUT2D eigenvalue weighted by molar-refractivity contribution is 0.0953. The van der Waals surface area contributed by atoms with Gasteiger partial charge in [0.2, 0.25) is 0 Å². The maximum Gasteiger partial charge on any atom is 0.251 e. The van der Waals surface area contributed by atoms with Crippen LogP contribution >= 0.6 is 0 Å². The van der Waals surface area contributed by atoms with Crippen molar-refractivity contribution in [2.45, 2.75) is 6.42 Å². The second-order valence-corrected chi connectivity index (χ2v) is 3.55. The number of carbonyl (C=O) groups is 1. The summed E-state index contributed by atoms with van der Waals surface area (Å²) in [7, 11) is 0. The van der Waals surface area contributed by atoms with Crippen molar-refractivity contribution in [1.29, 1.82) is 0 Å². The molecule has 88 valence electrons. The predicted molar refractivity (Wildman–Crippen MR) is 63.4 cm³/mol. The molecule has 2 heterocycles. The number of nitrogens with two attached hydrogens (primary N) is 1. The average molecular weight is 231 g/mol. The molecule has 0 aromatic carbocycles. The number of anilines is 1. The van der Waals surface area contributed by atoms with Crippen molar-refractivity contribution in [2.75, 3.05) is 12.3 Å². The van der Waals surface area contributed by atoms with Crippen LogP contribution in [0, 0.1) is 0 Å². The topological polar surface area (TPSA) is 81.2 Å². The van der Waals surface area contributed by atoms with Crippen LogP contribution in [0.4, 0.5) is 5.82 Å². The molecule has 5 nitrogen and oxygen atoms in total. The highest BCUT2D eigenvalue weighted by Crippen LogP contribution is 2.03. The largest absolute Gasteiger partial charge is 0.469 e. The van der Waals surface area contributed by atoms with E-state index in [0.717, 1.165) is 5.76 Å². The van der Waals surface area contributed by atoms with Crippen molar-refractivity contribution >= 4 is 11.7 Å². The molecule has 0 bridgehead atoms. The molecule has 0 unspecified atom stereocenters. The first kappa shape index (κ1) is 11.2. The number of pyridine rings is 1. The molecule has 0 fully saturated rings. The number of amides is 1. The highest BCUT2D eigenvalue weighted by molar-refractivity contribution is 5.94. The number of rotatable bonds is 4. The first-order chi connectivity index (χ1) is 8.25. The molecule has 0 aliphatic carbocycles.